The molecule has 3 heteroatoms. The van der Waals surface area contributed by atoms with Crippen LogP contribution in [-0.4, -0.2) is 41.4 Å². The topological polar surface area (TPSA) is 23.6 Å². The molecule has 1 saturated heterocycles. The molecule has 0 N–H and O–H groups in total. The molecule has 146 valence electrons. The quantitative estimate of drug-likeness (QED) is 0.738. The molecule has 27 heavy (non-hydrogen) atoms. The van der Waals surface area contributed by atoms with Crippen LogP contribution in [0.2, 0.25) is 0 Å². The molecule has 2 unspecified atom stereocenters. The van der Waals surface area contributed by atoms with Gasteiger partial charge in [-0.1, -0.05) is 49.9 Å². The Labute approximate surface area is 164 Å². The van der Waals surface area contributed by atoms with Crippen molar-refractivity contribution >= 4 is 5.91 Å². The summed E-state index contributed by atoms with van der Waals surface area (Å²) in [4.78, 5) is 17.1. The van der Waals surface area contributed by atoms with E-state index in [1.807, 2.05) is 0 Å². The summed E-state index contributed by atoms with van der Waals surface area (Å²) in [7, 11) is 0. The van der Waals surface area contributed by atoms with Gasteiger partial charge in [0.2, 0.25) is 5.91 Å². The van der Waals surface area contributed by atoms with E-state index in [9.17, 15) is 4.79 Å². The first kappa shape index (κ1) is 17.7. The molecule has 0 radical (unpaired) electrons. The van der Waals surface area contributed by atoms with Gasteiger partial charge in [-0.15, -0.1) is 0 Å². The van der Waals surface area contributed by atoms with Gasteiger partial charge < -0.3 is 9.80 Å². The Balaban J connectivity index is 1.32. The van der Waals surface area contributed by atoms with Crippen LogP contribution in [0.5, 0.6) is 0 Å². The number of piperidine rings is 1. The van der Waals surface area contributed by atoms with E-state index in [0.29, 0.717) is 0 Å². The summed E-state index contributed by atoms with van der Waals surface area (Å²) in [6.07, 6.45) is 11.2. The highest BCUT2D eigenvalue weighted by molar-refractivity contribution is 5.74. The SMILES string of the molecule is CC(=O)N1Cc2ccccc2C2(CCN(C3CC4CCCCC4C3)CC2)C1. The Morgan fingerprint density at radius 1 is 1.04 bits per heavy atom. The minimum atomic E-state index is 0.183. The fraction of sp³-hybridized carbons (Fsp3) is 0.708. The highest BCUT2D eigenvalue weighted by Crippen LogP contribution is 2.47. The third-order valence-corrected chi connectivity index (χ3v) is 8.38. The van der Waals surface area contributed by atoms with Crippen LogP contribution in [0.3, 0.4) is 0 Å². The molecule has 1 aromatic rings. The lowest BCUT2D eigenvalue weighted by Crippen LogP contribution is -2.54. The maximum absolute atomic E-state index is 12.2. The van der Waals surface area contributed by atoms with E-state index < -0.39 is 0 Å². The van der Waals surface area contributed by atoms with Crippen molar-refractivity contribution < 1.29 is 4.79 Å². The second-order valence-electron chi connectivity index (χ2n) is 9.78. The number of carbonyl (C=O) groups is 1. The zero-order valence-electron chi connectivity index (χ0n) is 16.8. The van der Waals surface area contributed by atoms with Crippen molar-refractivity contribution in [2.24, 2.45) is 11.8 Å². The fourth-order valence-corrected chi connectivity index (χ4v) is 6.85. The first-order chi connectivity index (χ1) is 13.1. The molecule has 2 aliphatic carbocycles. The summed E-state index contributed by atoms with van der Waals surface area (Å²) < 4.78 is 0. The predicted molar refractivity (Wildman–Crippen MR) is 108 cm³/mol. The second kappa shape index (κ2) is 6.92. The van der Waals surface area contributed by atoms with Crippen LogP contribution in [0.25, 0.3) is 0 Å². The van der Waals surface area contributed by atoms with Crippen LogP contribution in [0.4, 0.5) is 0 Å². The number of benzene rings is 1. The summed E-state index contributed by atoms with van der Waals surface area (Å²) in [5.41, 5.74) is 3.09. The molecule has 2 saturated carbocycles. The zero-order chi connectivity index (χ0) is 18.4. The molecule has 1 spiro atoms. The van der Waals surface area contributed by atoms with E-state index in [1.54, 1.807) is 6.92 Å². The third-order valence-electron chi connectivity index (χ3n) is 8.38. The van der Waals surface area contributed by atoms with Gasteiger partial charge in [-0.3, -0.25) is 4.79 Å². The Morgan fingerprint density at radius 2 is 1.70 bits per heavy atom. The molecule has 2 heterocycles. The Morgan fingerprint density at radius 3 is 2.37 bits per heavy atom. The van der Waals surface area contributed by atoms with Crippen molar-refractivity contribution in [1.82, 2.24) is 9.80 Å². The van der Waals surface area contributed by atoms with Crippen molar-refractivity contribution in [3.63, 3.8) is 0 Å². The number of fused-ring (bicyclic) bond motifs is 3. The summed E-state index contributed by atoms with van der Waals surface area (Å²) >= 11 is 0. The standard InChI is InChI=1S/C24H34N2O/c1-18(27)26-16-21-8-4-5-9-23(21)24(17-26)10-12-25(13-11-24)22-14-19-6-2-3-7-20(19)15-22/h4-5,8-9,19-20,22H,2-3,6-7,10-17H2,1H3. The van der Waals surface area contributed by atoms with Crippen molar-refractivity contribution in [1.29, 1.82) is 0 Å². The summed E-state index contributed by atoms with van der Waals surface area (Å²) in [6, 6.07) is 9.73. The predicted octanol–water partition coefficient (Wildman–Crippen LogP) is 4.35. The Hall–Kier alpha value is -1.35. The highest BCUT2D eigenvalue weighted by Gasteiger charge is 2.45. The van der Waals surface area contributed by atoms with Gasteiger partial charge in [0, 0.05) is 31.5 Å². The molecule has 0 aromatic heterocycles. The monoisotopic (exact) mass is 366 g/mol. The number of likely N-dealkylation sites (tertiary alicyclic amines) is 1. The molecule has 2 atom stereocenters. The third kappa shape index (κ3) is 3.12. The summed E-state index contributed by atoms with van der Waals surface area (Å²) in [5.74, 6) is 2.26. The molecule has 2 aliphatic heterocycles. The van der Waals surface area contributed by atoms with E-state index >= 15 is 0 Å². The zero-order valence-corrected chi connectivity index (χ0v) is 16.8. The van der Waals surface area contributed by atoms with Crippen molar-refractivity contribution in [2.75, 3.05) is 19.6 Å². The van der Waals surface area contributed by atoms with Gasteiger partial charge in [-0.2, -0.15) is 0 Å². The lowest BCUT2D eigenvalue weighted by Gasteiger charge is -2.49. The minimum Gasteiger partial charge on any atom is -0.338 e. The highest BCUT2D eigenvalue weighted by atomic mass is 16.2. The van der Waals surface area contributed by atoms with Crippen molar-refractivity contribution in [3.8, 4) is 0 Å². The van der Waals surface area contributed by atoms with E-state index in [2.05, 4.69) is 34.1 Å². The van der Waals surface area contributed by atoms with Gasteiger partial charge in [0.25, 0.3) is 0 Å². The number of nitrogens with zero attached hydrogens (tertiary/aromatic N) is 2. The maximum Gasteiger partial charge on any atom is 0.219 e. The van der Waals surface area contributed by atoms with Crippen molar-refractivity contribution in [2.45, 2.75) is 76.3 Å². The smallest absolute Gasteiger partial charge is 0.219 e. The maximum atomic E-state index is 12.2. The molecule has 0 bridgehead atoms. The van der Waals surface area contributed by atoms with Gasteiger partial charge in [0.05, 0.1) is 0 Å². The largest absolute Gasteiger partial charge is 0.338 e. The van der Waals surface area contributed by atoms with E-state index in [1.165, 1.54) is 75.6 Å². The van der Waals surface area contributed by atoms with Crippen LogP contribution in [0.15, 0.2) is 24.3 Å². The Bertz CT molecular complexity index is 692. The van der Waals surface area contributed by atoms with E-state index in [-0.39, 0.29) is 11.3 Å². The molecular weight excluding hydrogens is 332 g/mol. The molecule has 4 aliphatic rings. The first-order valence-electron chi connectivity index (χ1n) is 11.2. The first-order valence-corrected chi connectivity index (χ1v) is 11.2. The lowest BCUT2D eigenvalue weighted by atomic mass is 9.68. The van der Waals surface area contributed by atoms with Crippen molar-refractivity contribution in [3.05, 3.63) is 35.4 Å². The van der Waals surface area contributed by atoms with Crippen LogP contribution in [-0.2, 0) is 16.8 Å². The number of hydrogen-bond donors (Lipinski definition) is 0. The number of rotatable bonds is 1. The molecular formula is C24H34N2O. The number of carbonyl (C=O) groups excluding carboxylic acids is 1. The Kier molecular flexibility index (Phi) is 4.54. The van der Waals surface area contributed by atoms with Gasteiger partial charge >= 0.3 is 0 Å². The normalized spacial score (nSPS) is 32.9. The van der Waals surface area contributed by atoms with Gasteiger partial charge in [-0.25, -0.2) is 0 Å². The average Bonchev–Trinajstić information content (AvgIpc) is 3.13. The second-order valence-corrected chi connectivity index (χ2v) is 9.78. The molecule has 3 nitrogen and oxygen atoms in total. The lowest BCUT2D eigenvalue weighted by molar-refractivity contribution is -0.131. The van der Waals surface area contributed by atoms with Gasteiger partial charge in [0.1, 0.15) is 0 Å². The average molecular weight is 367 g/mol. The van der Waals surface area contributed by atoms with Crippen LogP contribution >= 0.6 is 0 Å². The van der Waals surface area contributed by atoms with Gasteiger partial charge in [-0.05, 0) is 61.7 Å². The molecule has 1 aromatic carbocycles. The van der Waals surface area contributed by atoms with Crippen LogP contribution in [0, 0.1) is 11.8 Å². The molecule has 5 rings (SSSR count). The summed E-state index contributed by atoms with van der Waals surface area (Å²) in [5, 5.41) is 0. The fourth-order valence-electron chi connectivity index (χ4n) is 6.85. The summed E-state index contributed by atoms with van der Waals surface area (Å²) in [6.45, 7) is 5.87. The molecule has 1 amide bonds. The van der Waals surface area contributed by atoms with E-state index in [0.717, 1.165) is 31.0 Å². The number of amides is 1. The van der Waals surface area contributed by atoms with Gasteiger partial charge in [0.15, 0.2) is 0 Å². The minimum absolute atomic E-state index is 0.183. The van der Waals surface area contributed by atoms with Crippen LogP contribution < -0.4 is 0 Å². The van der Waals surface area contributed by atoms with Crippen LogP contribution in [0.1, 0.15) is 69.4 Å². The number of hydrogen-bond acceptors (Lipinski definition) is 2. The molecule has 3 fully saturated rings. The van der Waals surface area contributed by atoms with E-state index in [4.69, 9.17) is 0 Å².